The number of nitrogens with zero attached hydrogens (tertiary/aromatic N) is 3. The van der Waals surface area contributed by atoms with E-state index >= 15 is 0 Å². The molecule has 0 saturated carbocycles. The summed E-state index contributed by atoms with van der Waals surface area (Å²) in [4.78, 5) is 6.73. The Kier molecular flexibility index (Phi) is 5.12. The first-order valence-corrected chi connectivity index (χ1v) is 8.29. The monoisotopic (exact) mass is 318 g/mol. The van der Waals surface area contributed by atoms with Gasteiger partial charge in [-0.25, -0.2) is 0 Å². The second kappa shape index (κ2) is 7.65. The van der Waals surface area contributed by atoms with Crippen LogP contribution in [0, 0.1) is 11.3 Å². The van der Waals surface area contributed by atoms with E-state index in [-0.39, 0.29) is 0 Å². The van der Waals surface area contributed by atoms with Gasteiger partial charge < -0.3 is 10.2 Å². The van der Waals surface area contributed by atoms with Gasteiger partial charge in [-0.15, -0.1) is 0 Å². The minimum atomic E-state index is 0.562. The highest BCUT2D eigenvalue weighted by atomic mass is 15.3. The summed E-state index contributed by atoms with van der Waals surface area (Å²) in [6.07, 6.45) is 1.15. The SMILES string of the molecule is CN=C(NCc1cccc(C#N)c1)N1CCC(c2ccccc2)C1. The van der Waals surface area contributed by atoms with Crippen LogP contribution in [0.3, 0.4) is 0 Å². The number of likely N-dealkylation sites (tertiary alicyclic amines) is 1. The molecule has 1 atom stereocenters. The van der Waals surface area contributed by atoms with E-state index < -0.39 is 0 Å². The zero-order valence-electron chi connectivity index (χ0n) is 13.9. The summed E-state index contributed by atoms with van der Waals surface area (Å²) < 4.78 is 0. The molecule has 1 aliphatic heterocycles. The largest absolute Gasteiger partial charge is 0.352 e. The third kappa shape index (κ3) is 3.75. The Balaban J connectivity index is 1.60. The van der Waals surface area contributed by atoms with Crippen molar-refractivity contribution in [1.82, 2.24) is 10.2 Å². The van der Waals surface area contributed by atoms with Crippen LogP contribution in [0.1, 0.15) is 29.0 Å². The lowest BCUT2D eigenvalue weighted by Crippen LogP contribution is -2.39. The minimum Gasteiger partial charge on any atom is -0.352 e. The fraction of sp³-hybridized carbons (Fsp3) is 0.300. The van der Waals surface area contributed by atoms with Gasteiger partial charge in [-0.2, -0.15) is 5.26 Å². The molecule has 1 N–H and O–H groups in total. The molecule has 0 radical (unpaired) electrons. The van der Waals surface area contributed by atoms with E-state index in [0.717, 1.165) is 31.0 Å². The van der Waals surface area contributed by atoms with Crippen LogP contribution in [0.5, 0.6) is 0 Å². The summed E-state index contributed by atoms with van der Waals surface area (Å²) in [5, 5.41) is 12.4. The van der Waals surface area contributed by atoms with Crippen LogP contribution >= 0.6 is 0 Å². The molecule has 24 heavy (non-hydrogen) atoms. The summed E-state index contributed by atoms with van der Waals surface area (Å²) >= 11 is 0. The van der Waals surface area contributed by atoms with E-state index in [2.05, 4.69) is 51.6 Å². The van der Waals surface area contributed by atoms with Crippen molar-refractivity contribution in [3.63, 3.8) is 0 Å². The molecule has 1 saturated heterocycles. The van der Waals surface area contributed by atoms with Crippen molar-refractivity contribution in [3.05, 3.63) is 71.3 Å². The third-order valence-electron chi connectivity index (χ3n) is 4.48. The summed E-state index contributed by atoms with van der Waals surface area (Å²) in [5.74, 6) is 1.49. The molecule has 1 unspecified atom stereocenters. The highest BCUT2D eigenvalue weighted by Gasteiger charge is 2.25. The van der Waals surface area contributed by atoms with Gasteiger partial charge in [-0.1, -0.05) is 42.5 Å². The normalized spacial score (nSPS) is 17.6. The van der Waals surface area contributed by atoms with Crippen molar-refractivity contribution in [1.29, 1.82) is 5.26 Å². The molecule has 4 nitrogen and oxygen atoms in total. The quantitative estimate of drug-likeness (QED) is 0.699. The van der Waals surface area contributed by atoms with Gasteiger partial charge in [0, 0.05) is 32.6 Å². The first kappa shape index (κ1) is 16.1. The van der Waals surface area contributed by atoms with Crippen LogP contribution in [0.15, 0.2) is 59.6 Å². The lowest BCUT2D eigenvalue weighted by molar-refractivity contribution is 0.486. The lowest BCUT2D eigenvalue weighted by Gasteiger charge is -2.22. The summed E-state index contributed by atoms with van der Waals surface area (Å²) in [7, 11) is 1.82. The number of hydrogen-bond donors (Lipinski definition) is 1. The fourth-order valence-electron chi connectivity index (χ4n) is 3.21. The molecule has 3 rings (SSSR count). The molecule has 0 aliphatic carbocycles. The summed E-state index contributed by atoms with van der Waals surface area (Å²) in [5.41, 5.74) is 3.18. The van der Waals surface area contributed by atoms with E-state index in [0.29, 0.717) is 18.0 Å². The number of nitrogens with one attached hydrogen (secondary N) is 1. The number of benzene rings is 2. The van der Waals surface area contributed by atoms with E-state index in [4.69, 9.17) is 5.26 Å². The van der Waals surface area contributed by atoms with Gasteiger partial charge >= 0.3 is 0 Å². The van der Waals surface area contributed by atoms with Crippen molar-refractivity contribution in [3.8, 4) is 6.07 Å². The smallest absolute Gasteiger partial charge is 0.193 e. The molecule has 2 aromatic carbocycles. The highest BCUT2D eigenvalue weighted by molar-refractivity contribution is 5.80. The standard InChI is InChI=1S/C20H22N4/c1-22-20(23-14-17-7-5-6-16(12-17)13-21)24-11-10-19(15-24)18-8-3-2-4-9-18/h2-9,12,19H,10-11,14-15H2,1H3,(H,22,23). The Bertz CT molecular complexity index is 746. The topological polar surface area (TPSA) is 51.4 Å². The van der Waals surface area contributed by atoms with Crippen molar-refractivity contribution < 1.29 is 0 Å². The van der Waals surface area contributed by atoms with Crippen molar-refractivity contribution in [2.45, 2.75) is 18.9 Å². The number of rotatable bonds is 3. The molecular formula is C20H22N4. The molecule has 0 aromatic heterocycles. The predicted molar refractivity (Wildman–Crippen MR) is 96.7 cm³/mol. The molecule has 1 heterocycles. The molecule has 4 heteroatoms. The first-order valence-electron chi connectivity index (χ1n) is 8.29. The average molecular weight is 318 g/mol. The van der Waals surface area contributed by atoms with Gasteiger partial charge in [0.25, 0.3) is 0 Å². The second-order valence-corrected chi connectivity index (χ2v) is 6.06. The molecular weight excluding hydrogens is 296 g/mol. The predicted octanol–water partition coefficient (Wildman–Crippen LogP) is 3.12. The zero-order chi connectivity index (χ0) is 16.8. The van der Waals surface area contributed by atoms with Crippen LogP contribution in [0.2, 0.25) is 0 Å². The molecule has 1 fully saturated rings. The Morgan fingerprint density at radius 1 is 1.25 bits per heavy atom. The highest BCUT2D eigenvalue weighted by Crippen LogP contribution is 2.26. The van der Waals surface area contributed by atoms with Gasteiger partial charge in [0.05, 0.1) is 11.6 Å². The van der Waals surface area contributed by atoms with E-state index in [1.807, 2.05) is 31.3 Å². The molecule has 122 valence electrons. The van der Waals surface area contributed by atoms with Gasteiger partial charge in [-0.3, -0.25) is 4.99 Å². The Morgan fingerprint density at radius 2 is 2.08 bits per heavy atom. The van der Waals surface area contributed by atoms with Crippen LogP contribution in [0.25, 0.3) is 0 Å². The number of hydrogen-bond acceptors (Lipinski definition) is 2. The maximum atomic E-state index is 8.99. The Morgan fingerprint density at radius 3 is 2.83 bits per heavy atom. The fourth-order valence-corrected chi connectivity index (χ4v) is 3.21. The Labute approximate surface area is 143 Å². The number of nitriles is 1. The van der Waals surface area contributed by atoms with E-state index in [1.165, 1.54) is 5.56 Å². The van der Waals surface area contributed by atoms with Gasteiger partial charge in [0.2, 0.25) is 0 Å². The first-order chi connectivity index (χ1) is 11.8. The molecule has 2 aromatic rings. The number of aliphatic imine (C=N–C) groups is 1. The molecule has 0 amide bonds. The van der Waals surface area contributed by atoms with Crippen LogP contribution in [-0.2, 0) is 6.54 Å². The number of guanidine groups is 1. The second-order valence-electron chi connectivity index (χ2n) is 6.06. The maximum Gasteiger partial charge on any atom is 0.193 e. The molecule has 0 bridgehead atoms. The Hall–Kier alpha value is -2.80. The van der Waals surface area contributed by atoms with Gasteiger partial charge in [0.1, 0.15) is 0 Å². The summed E-state index contributed by atoms with van der Waals surface area (Å²) in [6, 6.07) is 20.5. The van der Waals surface area contributed by atoms with Crippen molar-refractivity contribution in [2.75, 3.05) is 20.1 Å². The van der Waals surface area contributed by atoms with Crippen LogP contribution in [0.4, 0.5) is 0 Å². The average Bonchev–Trinajstić information content (AvgIpc) is 3.13. The lowest BCUT2D eigenvalue weighted by atomic mass is 9.99. The summed E-state index contributed by atoms with van der Waals surface area (Å²) in [6.45, 7) is 2.67. The van der Waals surface area contributed by atoms with Gasteiger partial charge in [-0.05, 0) is 29.7 Å². The molecule has 1 aliphatic rings. The van der Waals surface area contributed by atoms with Crippen molar-refractivity contribution >= 4 is 5.96 Å². The third-order valence-corrected chi connectivity index (χ3v) is 4.48. The minimum absolute atomic E-state index is 0.562. The van der Waals surface area contributed by atoms with Crippen LogP contribution < -0.4 is 5.32 Å². The van der Waals surface area contributed by atoms with Crippen LogP contribution in [-0.4, -0.2) is 31.0 Å². The maximum absolute atomic E-state index is 8.99. The van der Waals surface area contributed by atoms with E-state index in [1.54, 1.807) is 0 Å². The molecule has 0 spiro atoms. The van der Waals surface area contributed by atoms with E-state index in [9.17, 15) is 0 Å². The zero-order valence-corrected chi connectivity index (χ0v) is 13.9. The van der Waals surface area contributed by atoms with Gasteiger partial charge in [0.15, 0.2) is 5.96 Å². The van der Waals surface area contributed by atoms with Crippen molar-refractivity contribution in [2.24, 2.45) is 4.99 Å².